The minimum Gasteiger partial charge on any atom is -0.300 e. The summed E-state index contributed by atoms with van der Waals surface area (Å²) in [6, 6.07) is 19.3. The quantitative estimate of drug-likeness (QED) is 0.588. The van der Waals surface area contributed by atoms with E-state index in [0.29, 0.717) is 0 Å². The SMILES string of the molecule is CC(=O)C(C)Cc1ccc([Si](C)(C)CCCc2ccc(C)cc2)cc1. The topological polar surface area (TPSA) is 17.1 Å². The van der Waals surface area contributed by atoms with E-state index in [4.69, 9.17) is 0 Å². The zero-order valence-electron chi connectivity index (χ0n) is 16.4. The summed E-state index contributed by atoms with van der Waals surface area (Å²) in [5.74, 6) is 0.389. The van der Waals surface area contributed by atoms with Crippen LogP contribution in [-0.4, -0.2) is 13.9 Å². The van der Waals surface area contributed by atoms with Gasteiger partial charge in [-0.15, -0.1) is 0 Å². The van der Waals surface area contributed by atoms with E-state index in [1.54, 1.807) is 6.92 Å². The highest BCUT2D eigenvalue weighted by Crippen LogP contribution is 2.17. The van der Waals surface area contributed by atoms with Crippen molar-refractivity contribution in [3.63, 3.8) is 0 Å². The van der Waals surface area contributed by atoms with Crippen molar-refractivity contribution in [3.05, 3.63) is 65.2 Å². The Morgan fingerprint density at radius 3 is 2.08 bits per heavy atom. The lowest BCUT2D eigenvalue weighted by atomic mass is 9.98. The Labute approximate surface area is 154 Å². The van der Waals surface area contributed by atoms with E-state index >= 15 is 0 Å². The van der Waals surface area contributed by atoms with Crippen LogP contribution in [-0.2, 0) is 17.6 Å². The van der Waals surface area contributed by atoms with Crippen molar-refractivity contribution >= 4 is 19.0 Å². The third-order valence-corrected chi connectivity index (χ3v) is 8.86. The Morgan fingerprint density at radius 1 is 0.960 bits per heavy atom. The molecular formula is C23H32OSi. The first-order chi connectivity index (χ1) is 11.8. The first kappa shape index (κ1) is 19.6. The lowest BCUT2D eigenvalue weighted by molar-refractivity contribution is -0.120. The van der Waals surface area contributed by atoms with Crippen molar-refractivity contribution in [2.45, 2.75) is 59.2 Å². The molecule has 0 fully saturated rings. The van der Waals surface area contributed by atoms with E-state index in [-0.39, 0.29) is 11.7 Å². The molecule has 1 unspecified atom stereocenters. The van der Waals surface area contributed by atoms with Crippen LogP contribution in [0.15, 0.2) is 48.5 Å². The van der Waals surface area contributed by atoms with Crippen molar-refractivity contribution in [1.82, 2.24) is 0 Å². The van der Waals surface area contributed by atoms with Crippen LogP contribution < -0.4 is 5.19 Å². The molecule has 0 heterocycles. The van der Waals surface area contributed by atoms with Gasteiger partial charge in [0.05, 0.1) is 8.07 Å². The smallest absolute Gasteiger partial charge is 0.132 e. The summed E-state index contributed by atoms with van der Waals surface area (Å²) < 4.78 is 0. The molecule has 0 bridgehead atoms. The monoisotopic (exact) mass is 352 g/mol. The second kappa shape index (κ2) is 8.62. The van der Waals surface area contributed by atoms with E-state index in [1.165, 1.54) is 40.8 Å². The Hall–Kier alpha value is -1.67. The molecule has 0 aliphatic heterocycles. The van der Waals surface area contributed by atoms with Gasteiger partial charge >= 0.3 is 0 Å². The van der Waals surface area contributed by atoms with Crippen molar-refractivity contribution in [1.29, 1.82) is 0 Å². The minimum absolute atomic E-state index is 0.116. The molecule has 1 atom stereocenters. The Bertz CT molecular complexity index is 683. The summed E-state index contributed by atoms with van der Waals surface area (Å²) in [5, 5.41) is 1.52. The third-order valence-electron chi connectivity index (χ3n) is 5.36. The number of carbonyl (C=O) groups excluding carboxylic acids is 1. The number of ketones is 1. The summed E-state index contributed by atoms with van der Waals surface area (Å²) in [4.78, 5) is 11.4. The maximum absolute atomic E-state index is 11.4. The summed E-state index contributed by atoms with van der Waals surface area (Å²) in [6.07, 6.45) is 3.28. The van der Waals surface area contributed by atoms with Crippen LogP contribution in [0.1, 0.15) is 37.0 Å². The fourth-order valence-electron chi connectivity index (χ4n) is 3.22. The van der Waals surface area contributed by atoms with Gasteiger partial charge in [0.1, 0.15) is 5.78 Å². The summed E-state index contributed by atoms with van der Waals surface area (Å²) >= 11 is 0. The van der Waals surface area contributed by atoms with Crippen LogP contribution >= 0.6 is 0 Å². The molecule has 0 aliphatic rings. The predicted molar refractivity (Wildman–Crippen MR) is 111 cm³/mol. The first-order valence-electron chi connectivity index (χ1n) is 9.43. The van der Waals surface area contributed by atoms with Gasteiger partial charge in [0.2, 0.25) is 0 Å². The lowest BCUT2D eigenvalue weighted by Crippen LogP contribution is -2.41. The Kier molecular flexibility index (Phi) is 6.77. The zero-order valence-corrected chi connectivity index (χ0v) is 17.4. The normalized spacial score (nSPS) is 12.8. The average molecular weight is 353 g/mol. The summed E-state index contributed by atoms with van der Waals surface area (Å²) in [6.45, 7) is 10.8. The largest absolute Gasteiger partial charge is 0.300 e. The molecule has 0 aromatic heterocycles. The molecule has 0 radical (unpaired) electrons. The molecule has 25 heavy (non-hydrogen) atoms. The van der Waals surface area contributed by atoms with Gasteiger partial charge in [-0.2, -0.15) is 0 Å². The number of rotatable bonds is 8. The van der Waals surface area contributed by atoms with Crippen LogP contribution in [0.5, 0.6) is 0 Å². The molecular weight excluding hydrogens is 320 g/mol. The molecule has 0 spiro atoms. The van der Waals surface area contributed by atoms with E-state index in [9.17, 15) is 4.79 Å². The summed E-state index contributed by atoms with van der Waals surface area (Å²) in [7, 11) is -1.40. The minimum atomic E-state index is -1.40. The molecule has 0 saturated carbocycles. The molecule has 0 aliphatic carbocycles. The second-order valence-electron chi connectivity index (χ2n) is 8.14. The van der Waals surface area contributed by atoms with Gasteiger partial charge in [0.15, 0.2) is 0 Å². The number of Topliss-reactive ketones (excluding diaryl/α,β-unsaturated/α-hetero) is 1. The number of hydrogen-bond acceptors (Lipinski definition) is 1. The highest BCUT2D eigenvalue weighted by Gasteiger charge is 2.22. The van der Waals surface area contributed by atoms with Gasteiger partial charge < -0.3 is 0 Å². The molecule has 2 heteroatoms. The molecule has 0 N–H and O–H groups in total. The fourth-order valence-corrected chi connectivity index (χ4v) is 5.64. The van der Waals surface area contributed by atoms with Gasteiger partial charge in [0.25, 0.3) is 0 Å². The highest BCUT2D eigenvalue weighted by atomic mass is 28.3. The third kappa shape index (κ3) is 5.96. The molecule has 134 valence electrons. The van der Waals surface area contributed by atoms with Gasteiger partial charge in [-0.1, -0.05) is 91.8 Å². The van der Waals surface area contributed by atoms with Crippen molar-refractivity contribution in [2.24, 2.45) is 5.92 Å². The van der Waals surface area contributed by atoms with E-state index in [2.05, 4.69) is 68.5 Å². The average Bonchev–Trinajstić information content (AvgIpc) is 2.57. The predicted octanol–water partition coefficient (Wildman–Crippen LogP) is 5.31. The highest BCUT2D eigenvalue weighted by molar-refractivity contribution is 6.89. The second-order valence-corrected chi connectivity index (χ2v) is 13.0. The molecule has 2 rings (SSSR count). The van der Waals surface area contributed by atoms with Crippen LogP contribution in [0.3, 0.4) is 0 Å². The number of benzene rings is 2. The van der Waals surface area contributed by atoms with Crippen LogP contribution in [0.25, 0.3) is 0 Å². The maximum atomic E-state index is 11.4. The molecule has 1 nitrogen and oxygen atoms in total. The van der Waals surface area contributed by atoms with Gasteiger partial charge in [0, 0.05) is 5.92 Å². The zero-order chi connectivity index (χ0) is 18.4. The van der Waals surface area contributed by atoms with Crippen LogP contribution in [0.2, 0.25) is 19.1 Å². The van der Waals surface area contributed by atoms with E-state index in [1.807, 2.05) is 6.92 Å². The fraction of sp³-hybridized carbons (Fsp3) is 0.435. The van der Waals surface area contributed by atoms with Crippen LogP contribution in [0.4, 0.5) is 0 Å². The van der Waals surface area contributed by atoms with Crippen molar-refractivity contribution in [3.8, 4) is 0 Å². The van der Waals surface area contributed by atoms with E-state index < -0.39 is 8.07 Å². The molecule has 2 aromatic rings. The first-order valence-corrected chi connectivity index (χ1v) is 12.6. The number of carbonyl (C=O) groups is 1. The molecule has 2 aromatic carbocycles. The maximum Gasteiger partial charge on any atom is 0.132 e. The standard InChI is InChI=1S/C23H32OSi/c1-18-8-10-21(11-9-18)7-6-16-25(4,5)23-14-12-22(13-15-23)17-19(2)20(3)24/h8-15,19H,6-7,16-17H2,1-5H3. The van der Waals surface area contributed by atoms with Crippen molar-refractivity contribution in [2.75, 3.05) is 0 Å². The van der Waals surface area contributed by atoms with E-state index in [0.717, 1.165) is 6.42 Å². The summed E-state index contributed by atoms with van der Waals surface area (Å²) in [5.41, 5.74) is 4.05. The van der Waals surface area contributed by atoms with Crippen LogP contribution in [0, 0.1) is 12.8 Å². The molecule has 0 amide bonds. The number of aryl methyl sites for hydroxylation is 2. The van der Waals surface area contributed by atoms with Crippen molar-refractivity contribution < 1.29 is 4.79 Å². The number of hydrogen-bond donors (Lipinski definition) is 0. The molecule has 0 saturated heterocycles. The van der Waals surface area contributed by atoms with Gasteiger partial charge in [-0.25, -0.2) is 0 Å². The van der Waals surface area contributed by atoms with Gasteiger partial charge in [-0.3, -0.25) is 4.79 Å². The Balaban J connectivity index is 1.92. The Morgan fingerprint density at radius 2 is 1.52 bits per heavy atom. The lowest BCUT2D eigenvalue weighted by Gasteiger charge is -2.23. The van der Waals surface area contributed by atoms with Gasteiger partial charge in [-0.05, 0) is 37.8 Å².